The van der Waals surface area contributed by atoms with Crippen LogP contribution in [-0.2, 0) is 6.61 Å². The van der Waals surface area contributed by atoms with E-state index in [1.165, 1.54) is 0 Å². The molecule has 0 radical (unpaired) electrons. The monoisotopic (exact) mass is 379 g/mol. The van der Waals surface area contributed by atoms with E-state index in [9.17, 15) is 4.79 Å². The number of nitrogens with zero attached hydrogens (tertiary/aromatic N) is 2. The highest BCUT2D eigenvalue weighted by atomic mass is 16.5. The van der Waals surface area contributed by atoms with Crippen LogP contribution in [0.1, 0.15) is 49.2 Å². The van der Waals surface area contributed by atoms with Crippen molar-refractivity contribution in [1.29, 1.82) is 5.26 Å². The van der Waals surface area contributed by atoms with Gasteiger partial charge in [0.05, 0.1) is 11.6 Å². The van der Waals surface area contributed by atoms with Crippen LogP contribution in [0, 0.1) is 11.3 Å². The largest absolute Gasteiger partial charge is 0.489 e. The summed E-state index contributed by atoms with van der Waals surface area (Å²) in [5, 5.41) is 12.1. The fraction of sp³-hybridized carbons (Fsp3) is 0.391. The van der Waals surface area contributed by atoms with Crippen LogP contribution in [0.2, 0.25) is 0 Å². The molecule has 0 saturated carbocycles. The average Bonchev–Trinajstić information content (AvgIpc) is 2.69. The Hall–Kier alpha value is -2.84. The van der Waals surface area contributed by atoms with E-state index < -0.39 is 0 Å². The van der Waals surface area contributed by atoms with Crippen LogP contribution in [0.5, 0.6) is 5.75 Å². The Morgan fingerprint density at radius 2 is 1.82 bits per heavy atom. The van der Waals surface area contributed by atoms with Crippen molar-refractivity contribution in [2.24, 2.45) is 0 Å². The van der Waals surface area contributed by atoms with Gasteiger partial charge in [0.15, 0.2) is 0 Å². The minimum atomic E-state index is -0.115. The first-order valence-electron chi connectivity index (χ1n) is 9.67. The molecule has 0 aliphatic heterocycles. The van der Waals surface area contributed by atoms with Gasteiger partial charge in [-0.05, 0) is 52.0 Å². The fourth-order valence-corrected chi connectivity index (χ4v) is 3.16. The lowest BCUT2D eigenvalue weighted by molar-refractivity contribution is 0.0939. The number of ether oxygens (including phenoxy) is 1. The van der Waals surface area contributed by atoms with Gasteiger partial charge in [-0.2, -0.15) is 5.26 Å². The van der Waals surface area contributed by atoms with Crippen molar-refractivity contribution in [3.05, 3.63) is 65.2 Å². The van der Waals surface area contributed by atoms with Crippen LogP contribution >= 0.6 is 0 Å². The van der Waals surface area contributed by atoms with E-state index in [2.05, 4.69) is 44.0 Å². The molecule has 2 aromatic rings. The van der Waals surface area contributed by atoms with E-state index in [0.717, 1.165) is 12.1 Å². The maximum atomic E-state index is 12.5. The minimum absolute atomic E-state index is 0.115. The van der Waals surface area contributed by atoms with Crippen molar-refractivity contribution >= 4 is 5.91 Å². The number of benzene rings is 2. The van der Waals surface area contributed by atoms with Gasteiger partial charge in [0.25, 0.3) is 5.91 Å². The average molecular weight is 380 g/mol. The highest BCUT2D eigenvalue weighted by Crippen LogP contribution is 2.17. The zero-order valence-corrected chi connectivity index (χ0v) is 17.1. The first-order valence-corrected chi connectivity index (χ1v) is 9.67. The summed E-state index contributed by atoms with van der Waals surface area (Å²) in [6.45, 7) is 10.3. The second-order valence-electron chi connectivity index (χ2n) is 7.27. The second kappa shape index (κ2) is 10.5. The zero-order chi connectivity index (χ0) is 20.5. The highest BCUT2D eigenvalue weighted by Gasteiger charge is 2.14. The van der Waals surface area contributed by atoms with Gasteiger partial charge < -0.3 is 10.1 Å². The van der Waals surface area contributed by atoms with Crippen LogP contribution in [0.25, 0.3) is 0 Å². The Morgan fingerprint density at radius 3 is 2.50 bits per heavy atom. The standard InChI is InChI=1S/C23H29N3O2/c1-17(2)26(18(3)4)13-12-25-23(27)19-10-7-11-22(14-19)28-16-21-9-6-5-8-20(21)15-24/h5-11,14,17-18H,12-13,16H2,1-4H3,(H,25,27). The van der Waals surface area contributed by atoms with Crippen molar-refractivity contribution in [2.75, 3.05) is 13.1 Å². The summed E-state index contributed by atoms with van der Waals surface area (Å²) in [6.07, 6.45) is 0. The zero-order valence-electron chi connectivity index (χ0n) is 17.1. The number of hydrogen-bond acceptors (Lipinski definition) is 4. The number of nitriles is 1. The van der Waals surface area contributed by atoms with Gasteiger partial charge >= 0.3 is 0 Å². The third-order valence-corrected chi connectivity index (χ3v) is 4.61. The first-order chi connectivity index (χ1) is 13.4. The summed E-state index contributed by atoms with van der Waals surface area (Å²) < 4.78 is 5.79. The molecule has 2 aromatic carbocycles. The molecule has 28 heavy (non-hydrogen) atoms. The van der Waals surface area contributed by atoms with Gasteiger partial charge in [-0.25, -0.2) is 0 Å². The smallest absolute Gasteiger partial charge is 0.251 e. The molecule has 148 valence electrons. The summed E-state index contributed by atoms with van der Waals surface area (Å²) in [4.78, 5) is 14.8. The molecule has 0 aliphatic carbocycles. The van der Waals surface area contributed by atoms with Crippen LogP contribution in [0.3, 0.4) is 0 Å². The molecule has 0 heterocycles. The van der Waals surface area contributed by atoms with E-state index >= 15 is 0 Å². The molecule has 5 nitrogen and oxygen atoms in total. The lowest BCUT2D eigenvalue weighted by Gasteiger charge is -2.30. The lowest BCUT2D eigenvalue weighted by Crippen LogP contribution is -2.42. The van der Waals surface area contributed by atoms with Crippen LogP contribution in [0.4, 0.5) is 0 Å². The molecular weight excluding hydrogens is 350 g/mol. The van der Waals surface area contributed by atoms with Crippen LogP contribution < -0.4 is 10.1 Å². The summed E-state index contributed by atoms with van der Waals surface area (Å²) >= 11 is 0. The molecule has 0 fully saturated rings. The summed E-state index contributed by atoms with van der Waals surface area (Å²) in [5.41, 5.74) is 1.98. The third-order valence-electron chi connectivity index (χ3n) is 4.61. The Labute approximate surface area is 167 Å². The summed E-state index contributed by atoms with van der Waals surface area (Å²) in [7, 11) is 0. The molecule has 0 spiro atoms. The molecule has 0 unspecified atom stereocenters. The van der Waals surface area contributed by atoms with Gasteiger partial charge in [0.2, 0.25) is 0 Å². The van der Waals surface area contributed by atoms with Crippen molar-refractivity contribution in [3.8, 4) is 11.8 Å². The number of rotatable bonds is 9. The number of carbonyl (C=O) groups excluding carboxylic acids is 1. The fourth-order valence-electron chi connectivity index (χ4n) is 3.16. The number of hydrogen-bond donors (Lipinski definition) is 1. The van der Waals surface area contributed by atoms with Gasteiger partial charge in [-0.1, -0.05) is 24.3 Å². The molecule has 0 bridgehead atoms. The molecular formula is C23H29N3O2. The normalized spacial score (nSPS) is 10.9. The first kappa shape index (κ1) is 21.5. The Kier molecular flexibility index (Phi) is 8.03. The molecule has 1 amide bonds. The number of nitrogens with one attached hydrogen (secondary N) is 1. The van der Waals surface area contributed by atoms with Crippen LogP contribution in [-0.4, -0.2) is 36.0 Å². The molecule has 0 aliphatic rings. The predicted molar refractivity (Wildman–Crippen MR) is 111 cm³/mol. The minimum Gasteiger partial charge on any atom is -0.489 e. The maximum absolute atomic E-state index is 12.5. The number of carbonyl (C=O) groups is 1. The lowest BCUT2D eigenvalue weighted by atomic mass is 10.1. The molecule has 5 heteroatoms. The van der Waals surface area contributed by atoms with E-state index in [0.29, 0.717) is 35.5 Å². The van der Waals surface area contributed by atoms with Gasteiger partial charge in [0, 0.05) is 36.3 Å². The SMILES string of the molecule is CC(C)N(CCNC(=O)c1cccc(OCc2ccccc2C#N)c1)C(C)C. The van der Waals surface area contributed by atoms with Crippen molar-refractivity contribution in [3.63, 3.8) is 0 Å². The van der Waals surface area contributed by atoms with Gasteiger partial charge in [0.1, 0.15) is 12.4 Å². The summed E-state index contributed by atoms with van der Waals surface area (Å²) in [5.74, 6) is 0.488. The second-order valence-corrected chi connectivity index (χ2v) is 7.27. The molecule has 0 saturated heterocycles. The number of amides is 1. The summed E-state index contributed by atoms with van der Waals surface area (Å²) in [6, 6.07) is 17.5. The topological polar surface area (TPSA) is 65.4 Å². The van der Waals surface area contributed by atoms with E-state index in [1.54, 1.807) is 24.3 Å². The van der Waals surface area contributed by atoms with Gasteiger partial charge in [-0.15, -0.1) is 0 Å². The molecule has 1 N–H and O–H groups in total. The predicted octanol–water partition coefficient (Wildman–Crippen LogP) is 3.99. The highest BCUT2D eigenvalue weighted by molar-refractivity contribution is 5.94. The Morgan fingerprint density at radius 1 is 1.11 bits per heavy atom. The molecule has 2 rings (SSSR count). The maximum Gasteiger partial charge on any atom is 0.251 e. The van der Waals surface area contributed by atoms with Crippen molar-refractivity contribution in [2.45, 2.75) is 46.4 Å². The molecule has 0 aromatic heterocycles. The van der Waals surface area contributed by atoms with E-state index in [4.69, 9.17) is 10.00 Å². The van der Waals surface area contributed by atoms with E-state index in [1.807, 2.05) is 24.3 Å². The Balaban J connectivity index is 1.93. The quantitative estimate of drug-likeness (QED) is 0.715. The van der Waals surface area contributed by atoms with Gasteiger partial charge in [-0.3, -0.25) is 9.69 Å². The van der Waals surface area contributed by atoms with Crippen LogP contribution in [0.15, 0.2) is 48.5 Å². The third kappa shape index (κ3) is 6.11. The van der Waals surface area contributed by atoms with E-state index in [-0.39, 0.29) is 12.5 Å². The van der Waals surface area contributed by atoms with Crippen molar-refractivity contribution < 1.29 is 9.53 Å². The Bertz CT molecular complexity index is 817. The van der Waals surface area contributed by atoms with Crippen molar-refractivity contribution in [1.82, 2.24) is 10.2 Å². The molecule has 0 atom stereocenters.